The molecule has 1 atom stereocenters. The summed E-state index contributed by atoms with van der Waals surface area (Å²) < 4.78 is 5.11. The topological polar surface area (TPSA) is 101 Å². The van der Waals surface area contributed by atoms with E-state index in [2.05, 4.69) is 10.1 Å². The second kappa shape index (κ2) is 6.33. The Hall–Kier alpha value is -2.15. The Morgan fingerprint density at radius 1 is 1.65 bits per heavy atom. The summed E-state index contributed by atoms with van der Waals surface area (Å²) in [6, 6.07) is 3.19. The van der Waals surface area contributed by atoms with Crippen molar-refractivity contribution in [3.63, 3.8) is 0 Å². The number of likely N-dealkylation sites (tertiary alicyclic amines) is 1. The maximum absolute atomic E-state index is 12.3. The van der Waals surface area contributed by atoms with Crippen molar-refractivity contribution < 1.29 is 14.7 Å². The van der Waals surface area contributed by atoms with Gasteiger partial charge in [-0.05, 0) is 18.6 Å². The first kappa shape index (κ1) is 14.3. The Bertz CT molecular complexity index is 501. The maximum Gasteiger partial charge on any atom is 0.272 e. The van der Waals surface area contributed by atoms with Crippen molar-refractivity contribution in [3.8, 4) is 0 Å². The van der Waals surface area contributed by atoms with E-state index in [1.165, 1.54) is 6.20 Å². The number of amides is 1. The van der Waals surface area contributed by atoms with E-state index in [9.17, 15) is 4.79 Å². The molecular formula is C13H18N4O3. The lowest BCUT2D eigenvalue weighted by Gasteiger charge is -2.16. The van der Waals surface area contributed by atoms with Gasteiger partial charge < -0.3 is 20.6 Å². The predicted octanol–water partition coefficient (Wildman–Crippen LogP) is 0.285. The Morgan fingerprint density at radius 2 is 2.45 bits per heavy atom. The number of amidine groups is 1. The van der Waals surface area contributed by atoms with Crippen LogP contribution in [0.2, 0.25) is 0 Å². The molecule has 0 radical (unpaired) electrons. The molecule has 0 bridgehead atoms. The van der Waals surface area contributed by atoms with Crippen LogP contribution in [0.5, 0.6) is 0 Å². The lowest BCUT2D eigenvalue weighted by Crippen LogP contribution is -2.30. The molecule has 1 aliphatic heterocycles. The van der Waals surface area contributed by atoms with Crippen LogP contribution >= 0.6 is 0 Å². The van der Waals surface area contributed by atoms with Gasteiger partial charge in [0.15, 0.2) is 5.84 Å². The highest BCUT2D eigenvalue weighted by Crippen LogP contribution is 2.18. The summed E-state index contributed by atoms with van der Waals surface area (Å²) in [6.45, 7) is 2.08. The Morgan fingerprint density at radius 3 is 3.05 bits per heavy atom. The molecule has 1 aromatic heterocycles. The van der Waals surface area contributed by atoms with Crippen LogP contribution in [-0.2, 0) is 4.74 Å². The Kier molecular flexibility index (Phi) is 4.52. The third-order valence-electron chi connectivity index (χ3n) is 3.36. The van der Waals surface area contributed by atoms with Gasteiger partial charge >= 0.3 is 0 Å². The smallest absolute Gasteiger partial charge is 0.272 e. The zero-order valence-corrected chi connectivity index (χ0v) is 11.3. The molecule has 0 spiro atoms. The molecule has 2 heterocycles. The van der Waals surface area contributed by atoms with E-state index in [0.717, 1.165) is 13.0 Å². The summed E-state index contributed by atoms with van der Waals surface area (Å²) in [5.74, 6) is 0.257. The first-order valence-electron chi connectivity index (χ1n) is 6.38. The maximum atomic E-state index is 12.3. The first-order chi connectivity index (χ1) is 9.65. The number of carbonyl (C=O) groups is 1. The van der Waals surface area contributed by atoms with Gasteiger partial charge in [0, 0.05) is 37.9 Å². The molecule has 7 heteroatoms. The number of ether oxygens (including phenoxy) is 1. The number of hydrogen-bond donors (Lipinski definition) is 2. The molecule has 1 amide bonds. The minimum Gasteiger partial charge on any atom is -0.409 e. The number of rotatable bonds is 4. The second-order valence-electron chi connectivity index (χ2n) is 4.78. The van der Waals surface area contributed by atoms with Crippen LogP contribution in [0.25, 0.3) is 0 Å². The number of nitrogens with zero attached hydrogens (tertiary/aromatic N) is 3. The monoisotopic (exact) mass is 278 g/mol. The van der Waals surface area contributed by atoms with Crippen LogP contribution in [0.15, 0.2) is 23.5 Å². The van der Waals surface area contributed by atoms with Gasteiger partial charge in [-0.2, -0.15) is 0 Å². The average molecular weight is 278 g/mol. The molecule has 1 fully saturated rings. The number of nitrogens with two attached hydrogens (primary N) is 1. The summed E-state index contributed by atoms with van der Waals surface area (Å²) >= 11 is 0. The quantitative estimate of drug-likeness (QED) is 0.356. The SMILES string of the molecule is COCC1CCN(C(=O)c2ccc(C(N)=NO)cn2)C1. The van der Waals surface area contributed by atoms with E-state index < -0.39 is 0 Å². The van der Waals surface area contributed by atoms with Gasteiger partial charge in [0.2, 0.25) is 0 Å². The number of oxime groups is 1. The molecule has 1 aromatic rings. The molecule has 3 N–H and O–H groups in total. The lowest BCUT2D eigenvalue weighted by molar-refractivity contribution is 0.0770. The van der Waals surface area contributed by atoms with Crippen molar-refractivity contribution >= 4 is 11.7 Å². The molecule has 1 unspecified atom stereocenters. The summed E-state index contributed by atoms with van der Waals surface area (Å²) in [4.78, 5) is 18.1. The van der Waals surface area contributed by atoms with Crippen LogP contribution in [0, 0.1) is 5.92 Å². The van der Waals surface area contributed by atoms with Gasteiger partial charge in [-0.1, -0.05) is 5.16 Å². The molecule has 2 rings (SSSR count). The van der Waals surface area contributed by atoms with Crippen LogP contribution in [0.4, 0.5) is 0 Å². The molecule has 0 saturated carbocycles. The average Bonchev–Trinajstić information content (AvgIpc) is 2.95. The first-order valence-corrected chi connectivity index (χ1v) is 6.38. The second-order valence-corrected chi connectivity index (χ2v) is 4.78. The van der Waals surface area contributed by atoms with Crippen LogP contribution in [0.1, 0.15) is 22.5 Å². The number of carbonyl (C=O) groups excluding carboxylic acids is 1. The molecule has 1 aliphatic rings. The van der Waals surface area contributed by atoms with E-state index in [4.69, 9.17) is 15.7 Å². The van der Waals surface area contributed by atoms with Crippen molar-refractivity contribution in [1.29, 1.82) is 0 Å². The van der Waals surface area contributed by atoms with Crippen LogP contribution in [-0.4, -0.2) is 53.6 Å². The molecule has 20 heavy (non-hydrogen) atoms. The minimum absolute atomic E-state index is 0.0298. The normalized spacial score (nSPS) is 19.4. The van der Waals surface area contributed by atoms with Gasteiger partial charge in [0.05, 0.1) is 6.61 Å². The zero-order chi connectivity index (χ0) is 14.5. The fraction of sp³-hybridized carbons (Fsp3) is 0.462. The molecule has 7 nitrogen and oxygen atoms in total. The molecule has 108 valence electrons. The highest BCUT2D eigenvalue weighted by molar-refractivity contribution is 5.98. The van der Waals surface area contributed by atoms with E-state index in [1.807, 2.05) is 0 Å². The number of aromatic nitrogens is 1. The Labute approximate surface area is 117 Å². The Balaban J connectivity index is 2.03. The molecule has 0 aromatic carbocycles. The van der Waals surface area contributed by atoms with Gasteiger partial charge in [-0.3, -0.25) is 9.78 Å². The molecular weight excluding hydrogens is 260 g/mol. The number of hydrogen-bond acceptors (Lipinski definition) is 5. The van der Waals surface area contributed by atoms with E-state index in [0.29, 0.717) is 30.3 Å². The van der Waals surface area contributed by atoms with Crippen molar-refractivity contribution in [3.05, 3.63) is 29.6 Å². The van der Waals surface area contributed by atoms with Gasteiger partial charge in [0.25, 0.3) is 5.91 Å². The van der Waals surface area contributed by atoms with E-state index in [1.54, 1.807) is 24.1 Å². The van der Waals surface area contributed by atoms with Crippen molar-refractivity contribution in [1.82, 2.24) is 9.88 Å². The van der Waals surface area contributed by atoms with Gasteiger partial charge in [-0.25, -0.2) is 0 Å². The van der Waals surface area contributed by atoms with Crippen molar-refractivity contribution in [2.45, 2.75) is 6.42 Å². The van der Waals surface area contributed by atoms with Crippen LogP contribution in [0.3, 0.4) is 0 Å². The third-order valence-corrected chi connectivity index (χ3v) is 3.36. The standard InChI is InChI=1S/C13H18N4O3/c1-20-8-9-4-5-17(7-9)13(18)11-3-2-10(6-15-11)12(14)16-19/h2-3,6,9,19H,4-5,7-8H2,1H3,(H2,14,16). The lowest BCUT2D eigenvalue weighted by atomic mass is 10.1. The van der Waals surface area contributed by atoms with E-state index in [-0.39, 0.29) is 11.7 Å². The van der Waals surface area contributed by atoms with Gasteiger partial charge in [-0.15, -0.1) is 0 Å². The van der Waals surface area contributed by atoms with Gasteiger partial charge in [0.1, 0.15) is 5.69 Å². The molecule has 1 saturated heterocycles. The summed E-state index contributed by atoms with van der Waals surface area (Å²) in [6.07, 6.45) is 2.37. The van der Waals surface area contributed by atoms with Crippen molar-refractivity contribution in [2.24, 2.45) is 16.8 Å². The van der Waals surface area contributed by atoms with Crippen molar-refractivity contribution in [2.75, 3.05) is 26.8 Å². The van der Waals surface area contributed by atoms with Crippen LogP contribution < -0.4 is 5.73 Å². The predicted molar refractivity (Wildman–Crippen MR) is 72.6 cm³/mol. The number of methoxy groups -OCH3 is 1. The summed E-state index contributed by atoms with van der Waals surface area (Å²) in [5, 5.41) is 11.5. The highest BCUT2D eigenvalue weighted by atomic mass is 16.5. The number of pyridine rings is 1. The largest absolute Gasteiger partial charge is 0.409 e. The van der Waals surface area contributed by atoms with E-state index >= 15 is 0 Å². The summed E-state index contributed by atoms with van der Waals surface area (Å²) in [7, 11) is 1.66. The fourth-order valence-corrected chi connectivity index (χ4v) is 2.28. The summed E-state index contributed by atoms with van der Waals surface area (Å²) in [5.41, 5.74) is 6.28. The molecule has 0 aliphatic carbocycles. The third kappa shape index (κ3) is 3.05. The fourth-order valence-electron chi connectivity index (χ4n) is 2.28. The minimum atomic E-state index is -0.102. The zero-order valence-electron chi connectivity index (χ0n) is 11.3. The highest BCUT2D eigenvalue weighted by Gasteiger charge is 2.27.